The summed E-state index contributed by atoms with van der Waals surface area (Å²) >= 11 is 0. The van der Waals surface area contributed by atoms with Crippen molar-refractivity contribution in [3.05, 3.63) is 23.5 Å². The monoisotopic (exact) mass is 263 g/mol. The summed E-state index contributed by atoms with van der Waals surface area (Å²) in [6.45, 7) is 6.82. The van der Waals surface area contributed by atoms with Crippen molar-refractivity contribution in [2.45, 2.75) is 52.5 Å². The number of hydrogen-bond acceptors (Lipinski definition) is 2. The molecule has 0 aromatic carbocycles. The summed E-state index contributed by atoms with van der Waals surface area (Å²) in [6, 6.07) is 0. The average molecular weight is 263 g/mol. The summed E-state index contributed by atoms with van der Waals surface area (Å²) in [6.07, 6.45) is 9.17. The van der Waals surface area contributed by atoms with Gasteiger partial charge in [-0.3, -0.25) is 4.79 Å². The molecule has 0 N–H and O–H groups in total. The van der Waals surface area contributed by atoms with Crippen molar-refractivity contribution in [3.63, 3.8) is 0 Å². The van der Waals surface area contributed by atoms with Crippen molar-refractivity contribution in [3.8, 4) is 0 Å². The van der Waals surface area contributed by atoms with Gasteiger partial charge in [0, 0.05) is 37.5 Å². The normalized spacial score (nSPS) is 15.6. The molecule has 0 atom stereocenters. The van der Waals surface area contributed by atoms with Gasteiger partial charge in [0.15, 0.2) is 5.78 Å². The Labute approximate surface area is 115 Å². The summed E-state index contributed by atoms with van der Waals surface area (Å²) in [4.78, 5) is 11.9. The maximum atomic E-state index is 11.9. The van der Waals surface area contributed by atoms with Crippen molar-refractivity contribution in [1.29, 1.82) is 0 Å². The van der Waals surface area contributed by atoms with Crippen LogP contribution in [0.4, 0.5) is 0 Å². The first kappa shape index (κ1) is 14.3. The molecule has 0 unspecified atom stereocenters. The quantitative estimate of drug-likeness (QED) is 0.581. The summed E-state index contributed by atoms with van der Waals surface area (Å²) < 4.78 is 7.74. The maximum absolute atomic E-state index is 11.9. The molecule has 0 radical (unpaired) electrons. The summed E-state index contributed by atoms with van der Waals surface area (Å²) in [5, 5.41) is 0. The Morgan fingerprint density at radius 2 is 2.00 bits per heavy atom. The zero-order chi connectivity index (χ0) is 13.7. The summed E-state index contributed by atoms with van der Waals surface area (Å²) in [7, 11) is 0. The molecule has 1 heterocycles. The van der Waals surface area contributed by atoms with Crippen molar-refractivity contribution < 1.29 is 9.53 Å². The Morgan fingerprint density at radius 1 is 1.21 bits per heavy atom. The predicted octanol–water partition coefficient (Wildman–Crippen LogP) is 3.46. The number of ether oxygens (including phenoxy) is 1. The molecule has 3 nitrogen and oxygen atoms in total. The van der Waals surface area contributed by atoms with Gasteiger partial charge in [-0.15, -0.1) is 0 Å². The molecule has 0 spiro atoms. The Morgan fingerprint density at radius 3 is 2.79 bits per heavy atom. The van der Waals surface area contributed by atoms with Crippen LogP contribution in [0, 0.1) is 5.92 Å². The van der Waals surface area contributed by atoms with Gasteiger partial charge in [0.1, 0.15) is 0 Å². The van der Waals surface area contributed by atoms with Crippen molar-refractivity contribution >= 4 is 5.78 Å². The number of carbonyl (C=O) groups is 1. The van der Waals surface area contributed by atoms with E-state index < -0.39 is 0 Å². The lowest BCUT2D eigenvalue weighted by Gasteiger charge is -2.07. The molecule has 1 aromatic heterocycles. The van der Waals surface area contributed by atoms with Gasteiger partial charge in [0.05, 0.1) is 6.61 Å². The highest BCUT2D eigenvalue weighted by atomic mass is 16.5. The van der Waals surface area contributed by atoms with E-state index in [0.717, 1.165) is 51.0 Å². The zero-order valence-electron chi connectivity index (χ0n) is 12.2. The molecule has 3 heteroatoms. The van der Waals surface area contributed by atoms with Gasteiger partial charge in [-0.2, -0.15) is 0 Å². The van der Waals surface area contributed by atoms with Crippen LogP contribution in [0.15, 0.2) is 12.4 Å². The highest BCUT2D eigenvalue weighted by Gasteiger charge is 2.17. The van der Waals surface area contributed by atoms with Crippen LogP contribution in [0.3, 0.4) is 0 Å². The number of ketones is 1. The smallest absolute Gasteiger partial charge is 0.164 e. The van der Waals surface area contributed by atoms with Crippen LogP contribution in [0.25, 0.3) is 0 Å². The molecule has 19 heavy (non-hydrogen) atoms. The second-order valence-corrected chi connectivity index (χ2v) is 5.86. The number of hydrogen-bond donors (Lipinski definition) is 0. The van der Waals surface area contributed by atoms with E-state index in [4.69, 9.17) is 4.74 Å². The van der Waals surface area contributed by atoms with E-state index in [-0.39, 0.29) is 0 Å². The molecule has 2 rings (SSSR count). The van der Waals surface area contributed by atoms with Gasteiger partial charge in [0.2, 0.25) is 0 Å². The molecular weight excluding hydrogens is 238 g/mol. The van der Waals surface area contributed by atoms with Crippen molar-refractivity contribution in [1.82, 2.24) is 4.57 Å². The molecule has 1 aromatic rings. The van der Waals surface area contributed by atoms with E-state index in [1.165, 1.54) is 5.56 Å². The van der Waals surface area contributed by atoms with Crippen LogP contribution in [0.2, 0.25) is 0 Å². The van der Waals surface area contributed by atoms with Crippen LogP contribution < -0.4 is 0 Å². The third-order valence-corrected chi connectivity index (χ3v) is 3.70. The number of aromatic nitrogens is 1. The number of Topliss-reactive ketones (excluding diaryl/α,β-unsaturated/α-hetero) is 1. The fourth-order valence-corrected chi connectivity index (χ4v) is 2.46. The zero-order valence-corrected chi connectivity index (χ0v) is 12.2. The average Bonchev–Trinajstić information content (AvgIpc) is 2.69. The minimum atomic E-state index is 0.312. The van der Waals surface area contributed by atoms with Crippen molar-refractivity contribution in [2.24, 2.45) is 5.92 Å². The Kier molecular flexibility index (Phi) is 5.20. The predicted molar refractivity (Wildman–Crippen MR) is 76.6 cm³/mol. The minimum absolute atomic E-state index is 0.312. The third-order valence-electron chi connectivity index (χ3n) is 3.70. The van der Waals surface area contributed by atoms with E-state index >= 15 is 0 Å². The van der Waals surface area contributed by atoms with Gasteiger partial charge >= 0.3 is 0 Å². The number of carbonyl (C=O) groups excluding carboxylic acids is 1. The van der Waals surface area contributed by atoms with E-state index in [0.29, 0.717) is 18.1 Å². The second-order valence-electron chi connectivity index (χ2n) is 5.86. The minimum Gasteiger partial charge on any atom is -0.380 e. The lowest BCUT2D eigenvalue weighted by Crippen LogP contribution is -2.06. The van der Waals surface area contributed by atoms with Crippen LogP contribution in [0.5, 0.6) is 0 Å². The molecule has 106 valence electrons. The highest BCUT2D eigenvalue weighted by Crippen LogP contribution is 2.21. The van der Waals surface area contributed by atoms with Gasteiger partial charge in [0.25, 0.3) is 0 Å². The number of nitrogens with zero attached hydrogens (tertiary/aromatic N) is 1. The SMILES string of the molecule is CC(C)CCOCCn1cc2c(c1)C(=O)CCCC2. The van der Waals surface area contributed by atoms with Crippen LogP contribution in [0.1, 0.15) is 55.5 Å². The first-order valence-electron chi connectivity index (χ1n) is 7.46. The van der Waals surface area contributed by atoms with Gasteiger partial charge in [-0.05, 0) is 37.2 Å². The molecule has 1 aliphatic carbocycles. The first-order valence-corrected chi connectivity index (χ1v) is 7.46. The largest absolute Gasteiger partial charge is 0.380 e. The number of fused-ring (bicyclic) bond motifs is 1. The van der Waals surface area contributed by atoms with E-state index in [1.54, 1.807) is 0 Å². The van der Waals surface area contributed by atoms with Gasteiger partial charge in [-0.1, -0.05) is 13.8 Å². The van der Waals surface area contributed by atoms with E-state index in [1.807, 2.05) is 6.20 Å². The molecule has 0 amide bonds. The fraction of sp³-hybridized carbons (Fsp3) is 0.688. The molecule has 0 aliphatic heterocycles. The van der Waals surface area contributed by atoms with E-state index in [9.17, 15) is 4.79 Å². The van der Waals surface area contributed by atoms with Gasteiger partial charge in [-0.25, -0.2) is 0 Å². The fourth-order valence-electron chi connectivity index (χ4n) is 2.46. The lowest BCUT2D eigenvalue weighted by atomic mass is 10.1. The second kappa shape index (κ2) is 6.90. The van der Waals surface area contributed by atoms with Crippen LogP contribution >= 0.6 is 0 Å². The molecule has 0 fully saturated rings. The highest BCUT2D eigenvalue weighted by molar-refractivity contribution is 5.97. The van der Waals surface area contributed by atoms with Crippen molar-refractivity contribution in [2.75, 3.05) is 13.2 Å². The number of aryl methyl sites for hydroxylation is 1. The topological polar surface area (TPSA) is 31.2 Å². The lowest BCUT2D eigenvalue weighted by molar-refractivity contribution is 0.0981. The summed E-state index contributed by atoms with van der Waals surface area (Å²) in [5.74, 6) is 1.01. The van der Waals surface area contributed by atoms with Crippen LogP contribution in [-0.4, -0.2) is 23.6 Å². The summed E-state index contributed by atoms with van der Waals surface area (Å²) in [5.41, 5.74) is 2.17. The van der Waals surface area contributed by atoms with Gasteiger partial charge < -0.3 is 9.30 Å². The Bertz CT molecular complexity index is 420. The molecule has 0 saturated heterocycles. The Hall–Kier alpha value is -1.09. The molecular formula is C16H25NO2. The first-order chi connectivity index (χ1) is 9.16. The standard InChI is InChI=1S/C16H25NO2/c1-13(2)7-9-19-10-8-17-11-14-5-3-4-6-16(18)15(14)12-17/h11-13H,3-10H2,1-2H3. The van der Waals surface area contributed by atoms with E-state index in [2.05, 4.69) is 24.6 Å². The number of rotatable bonds is 6. The molecule has 0 bridgehead atoms. The maximum Gasteiger partial charge on any atom is 0.164 e. The molecule has 0 saturated carbocycles. The Balaban J connectivity index is 1.82. The molecule has 1 aliphatic rings. The van der Waals surface area contributed by atoms with Crippen LogP contribution in [-0.2, 0) is 17.7 Å². The third kappa shape index (κ3) is 4.20.